The molecule has 10 N–H and O–H groups in total. The first-order valence-corrected chi connectivity index (χ1v) is 23.8. The number of phosphoric ester groups is 2. The third kappa shape index (κ3) is 22.1. The first-order valence-electron chi connectivity index (χ1n) is 20.9. The predicted molar refractivity (Wildman–Crippen MR) is 215 cm³/mol. The molecular formula is C36H66N4O23P2-2. The van der Waals surface area contributed by atoms with Crippen molar-refractivity contribution in [1.82, 2.24) is 21.3 Å². The summed E-state index contributed by atoms with van der Waals surface area (Å²) in [6.07, 6.45) is -13.3. The number of aliphatic hydroxyl groups excluding tert-OH is 6. The van der Waals surface area contributed by atoms with Crippen molar-refractivity contribution >= 4 is 39.3 Å². The Balaban J connectivity index is 1.87. The fraction of sp³-hybridized carbons (Fsp3) is 0.889. The molecule has 2 fully saturated rings. The summed E-state index contributed by atoms with van der Waals surface area (Å²) in [5.41, 5.74) is 0. The number of nitrogens with one attached hydrogen (secondary N) is 4. The molecule has 65 heavy (non-hydrogen) atoms. The van der Waals surface area contributed by atoms with E-state index in [1.165, 1.54) is 13.8 Å². The lowest BCUT2D eigenvalue weighted by Gasteiger charge is -2.42. The summed E-state index contributed by atoms with van der Waals surface area (Å²) >= 11 is 0. The second-order valence-electron chi connectivity index (χ2n) is 15.3. The van der Waals surface area contributed by atoms with Gasteiger partial charge in [0.05, 0.1) is 32.5 Å². The molecular weight excluding hydrogens is 918 g/mol. The van der Waals surface area contributed by atoms with Crippen LogP contribution in [0.5, 0.6) is 0 Å². The summed E-state index contributed by atoms with van der Waals surface area (Å²) in [6.45, 7) is 2.16. The standard InChI is InChI=1S/C36H68N4O23P2/c1-20(2)58-18-23(14-37-27(45)10-6-8-12-56-35-29(39-21(3)43)33(49)31(47)25(16-41)60-35)63-65(53,54)59-19-24(62-64(51,52)55-5)15-38-28(46)11-7-9-13-57-36-30(40-22(4)44)34(50)32(48)26(17-42)61-36/h20,23-26,29-36,41-42,47-50H,6-19H2,1-5H3,(H,37,45)(H,38,46)(H,39,43)(H,40,44)(H,51,52)(H,53,54)/p-2/t23?,24?,25?,26?,29?,30?,31-,32-,33+,34+,35+,36+/m0/s1. The second kappa shape index (κ2) is 29.5. The molecule has 2 aliphatic heterocycles. The molecule has 0 aromatic rings. The molecule has 8 unspecified atom stereocenters. The van der Waals surface area contributed by atoms with Gasteiger partial charge in [0.1, 0.15) is 60.9 Å². The van der Waals surface area contributed by atoms with Gasteiger partial charge in [0.25, 0.3) is 15.6 Å². The third-order valence-electron chi connectivity index (χ3n) is 9.53. The predicted octanol–water partition coefficient (Wildman–Crippen LogP) is -4.72. The van der Waals surface area contributed by atoms with Gasteiger partial charge < -0.3 is 103 Å². The van der Waals surface area contributed by atoms with Gasteiger partial charge in [-0.2, -0.15) is 0 Å². The summed E-state index contributed by atoms with van der Waals surface area (Å²) in [6, 6.07) is -2.29. The van der Waals surface area contributed by atoms with Gasteiger partial charge in [0.15, 0.2) is 12.6 Å². The molecule has 2 rings (SSSR count). The van der Waals surface area contributed by atoms with Crippen LogP contribution in [0.2, 0.25) is 0 Å². The van der Waals surface area contributed by atoms with Crippen molar-refractivity contribution in [3.63, 3.8) is 0 Å². The van der Waals surface area contributed by atoms with Crippen LogP contribution in [0, 0.1) is 0 Å². The zero-order valence-corrected chi connectivity index (χ0v) is 38.7. The molecule has 0 radical (unpaired) electrons. The summed E-state index contributed by atoms with van der Waals surface area (Å²) in [4.78, 5) is 73.5. The van der Waals surface area contributed by atoms with Gasteiger partial charge in [0, 0.05) is 60.1 Å². The summed E-state index contributed by atoms with van der Waals surface area (Å²) in [7, 11) is -9.48. The quantitative estimate of drug-likeness (QED) is 0.0230. The minimum absolute atomic E-state index is 0.0102. The molecule has 0 aromatic heterocycles. The molecule has 0 spiro atoms. The van der Waals surface area contributed by atoms with Crippen molar-refractivity contribution in [2.24, 2.45) is 0 Å². The number of amides is 4. The van der Waals surface area contributed by atoms with Crippen LogP contribution in [0.4, 0.5) is 0 Å². The molecule has 14 atom stereocenters. The number of hydrogen-bond donors (Lipinski definition) is 10. The van der Waals surface area contributed by atoms with Gasteiger partial charge in [-0.1, -0.05) is 0 Å². The average Bonchev–Trinajstić information content (AvgIpc) is 3.23. The minimum atomic E-state index is -5.28. The molecule has 2 aliphatic rings. The Hall–Kier alpha value is -2.34. The van der Waals surface area contributed by atoms with Crippen molar-refractivity contribution in [2.45, 2.75) is 146 Å². The molecule has 2 heterocycles. The average molecular weight is 985 g/mol. The number of ether oxygens (including phenoxy) is 5. The molecule has 27 nitrogen and oxygen atoms in total. The highest BCUT2D eigenvalue weighted by atomic mass is 31.2. The van der Waals surface area contributed by atoms with E-state index in [9.17, 15) is 68.7 Å². The van der Waals surface area contributed by atoms with Crippen LogP contribution in [-0.4, -0.2) is 194 Å². The van der Waals surface area contributed by atoms with E-state index in [1.807, 2.05) is 0 Å². The Morgan fingerprint density at radius 3 is 1.46 bits per heavy atom. The Morgan fingerprint density at radius 2 is 1.08 bits per heavy atom. The Labute approximate surface area is 376 Å². The van der Waals surface area contributed by atoms with E-state index in [0.717, 1.165) is 7.11 Å². The first kappa shape index (κ1) is 58.8. The molecule has 4 amide bonds. The third-order valence-corrected chi connectivity index (χ3v) is 11.6. The number of hydrogen-bond acceptors (Lipinski definition) is 23. The lowest BCUT2D eigenvalue weighted by atomic mass is 9.97. The topological polar surface area (TPSA) is 401 Å². The number of carbonyl (C=O) groups is 4. The van der Waals surface area contributed by atoms with E-state index < -0.39 is 139 Å². The van der Waals surface area contributed by atoms with Crippen LogP contribution in [-0.2, 0) is 70.1 Å². The normalized spacial score (nSPS) is 28.6. The smallest absolute Gasteiger partial charge is 0.268 e. The highest BCUT2D eigenvalue weighted by Gasteiger charge is 2.46. The number of rotatable bonds is 31. The molecule has 2 saturated heterocycles. The molecule has 0 saturated carbocycles. The maximum absolute atomic E-state index is 12.9. The van der Waals surface area contributed by atoms with Crippen molar-refractivity contribution in [3.05, 3.63) is 0 Å². The summed E-state index contributed by atoms with van der Waals surface area (Å²) < 4.78 is 71.9. The number of carbonyl (C=O) groups excluding carboxylic acids is 4. The van der Waals surface area contributed by atoms with Gasteiger partial charge in [-0.15, -0.1) is 0 Å². The van der Waals surface area contributed by atoms with Gasteiger partial charge >= 0.3 is 0 Å². The Morgan fingerprint density at radius 1 is 0.662 bits per heavy atom. The van der Waals surface area contributed by atoms with Crippen LogP contribution in [0.25, 0.3) is 0 Å². The zero-order valence-electron chi connectivity index (χ0n) is 36.9. The molecule has 0 aromatic carbocycles. The molecule has 29 heteroatoms. The van der Waals surface area contributed by atoms with E-state index in [4.69, 9.17) is 37.3 Å². The highest BCUT2D eigenvalue weighted by molar-refractivity contribution is 7.46. The van der Waals surface area contributed by atoms with E-state index in [2.05, 4.69) is 25.8 Å². The van der Waals surface area contributed by atoms with Gasteiger partial charge in [0.2, 0.25) is 23.6 Å². The summed E-state index contributed by atoms with van der Waals surface area (Å²) in [5, 5.41) is 69.8. The van der Waals surface area contributed by atoms with E-state index >= 15 is 0 Å². The molecule has 0 bridgehead atoms. The van der Waals surface area contributed by atoms with Gasteiger partial charge in [-0.3, -0.25) is 28.3 Å². The first-order chi connectivity index (χ1) is 30.5. The van der Waals surface area contributed by atoms with Crippen molar-refractivity contribution < 1.29 is 111 Å². The van der Waals surface area contributed by atoms with Crippen molar-refractivity contribution in [3.8, 4) is 0 Å². The molecule has 0 aliphatic carbocycles. The summed E-state index contributed by atoms with van der Waals surface area (Å²) in [5.74, 6) is -2.18. The van der Waals surface area contributed by atoms with Gasteiger partial charge in [-0.05, 0) is 39.5 Å². The lowest BCUT2D eigenvalue weighted by Crippen LogP contribution is -2.64. The van der Waals surface area contributed by atoms with E-state index in [-0.39, 0.29) is 71.0 Å². The minimum Gasteiger partial charge on any atom is -0.756 e. The molecule has 380 valence electrons. The van der Waals surface area contributed by atoms with Crippen LogP contribution in [0.15, 0.2) is 0 Å². The van der Waals surface area contributed by atoms with Crippen LogP contribution >= 0.6 is 15.6 Å². The largest absolute Gasteiger partial charge is 0.756 e. The van der Waals surface area contributed by atoms with Crippen molar-refractivity contribution in [2.75, 3.05) is 59.8 Å². The Kier molecular flexibility index (Phi) is 26.7. The van der Waals surface area contributed by atoms with Crippen molar-refractivity contribution in [1.29, 1.82) is 0 Å². The fourth-order valence-corrected chi connectivity index (χ4v) is 7.69. The van der Waals surface area contributed by atoms with E-state index in [1.54, 1.807) is 13.8 Å². The zero-order chi connectivity index (χ0) is 48.9. The van der Waals surface area contributed by atoms with E-state index in [0.29, 0.717) is 0 Å². The number of aliphatic hydroxyl groups is 6. The van der Waals surface area contributed by atoms with Crippen LogP contribution in [0.1, 0.15) is 66.2 Å². The Bertz CT molecular complexity index is 1550. The van der Waals surface area contributed by atoms with Crippen LogP contribution in [0.3, 0.4) is 0 Å². The van der Waals surface area contributed by atoms with Gasteiger partial charge in [-0.25, -0.2) is 0 Å². The number of unbranched alkanes of at least 4 members (excludes halogenated alkanes) is 2. The number of phosphoric acid groups is 2. The fourth-order valence-electron chi connectivity index (χ4n) is 6.20. The van der Waals surface area contributed by atoms with Crippen LogP contribution < -0.4 is 31.1 Å². The lowest BCUT2D eigenvalue weighted by molar-refractivity contribution is -0.270. The maximum atomic E-state index is 12.9. The monoisotopic (exact) mass is 984 g/mol. The highest BCUT2D eigenvalue weighted by Crippen LogP contribution is 2.43. The SMILES string of the molecule is COP(=O)([O-])OC(CNC(=O)CCCCO[C@@H]1OC(CO)[C@H](O)[C@H](O)C1NC(C)=O)COP(=O)([O-])OC(CNC(=O)CCCCO[C@@H]1OC(CO)[C@H](O)[C@H](O)C1NC(C)=O)COC(C)C. The maximum Gasteiger partial charge on any atom is 0.268 e. The second-order valence-corrected chi connectivity index (χ2v) is 18.2.